The zero-order valence-corrected chi connectivity index (χ0v) is 49.2. The molecule has 0 aromatic heterocycles. The predicted molar refractivity (Wildman–Crippen MR) is 277 cm³/mol. The van der Waals surface area contributed by atoms with E-state index in [9.17, 15) is 43.5 Å². The normalized spacial score (nSPS) is 39.1. The minimum absolute atomic E-state index is 0.00282. The summed E-state index contributed by atoms with van der Waals surface area (Å²) in [5, 5.41) is 12.3. The highest BCUT2D eigenvalue weighted by Crippen LogP contribution is 2.76. The van der Waals surface area contributed by atoms with Crippen molar-refractivity contribution in [2.75, 3.05) is 13.2 Å². The maximum atomic E-state index is 13.2. The number of allylic oxidation sites excluding steroid dienone is 2. The van der Waals surface area contributed by atoms with Crippen molar-refractivity contribution in [1.82, 2.24) is 0 Å². The summed E-state index contributed by atoms with van der Waals surface area (Å²) in [6.07, 6.45) is -8.46. The summed E-state index contributed by atoms with van der Waals surface area (Å²) in [6.45, 7) is 25.6. The molecule has 4 saturated carbocycles. The van der Waals surface area contributed by atoms with Gasteiger partial charge in [-0.2, -0.15) is 0 Å². The molecule has 0 aromatic carbocycles. The summed E-state index contributed by atoms with van der Waals surface area (Å²) < 4.78 is 73.0. The number of hydrogen-bond acceptors (Lipinski definition) is 21. The molecule has 6 fully saturated rings. The first-order chi connectivity index (χ1) is 36.7. The molecule has 6 aliphatic rings. The van der Waals surface area contributed by atoms with E-state index < -0.39 is 140 Å². The molecule has 0 amide bonds. The molecule has 0 spiro atoms. The third kappa shape index (κ3) is 13.6. The number of carbonyl (C=O) groups is 8. The molecule has 4 aliphatic carbocycles. The molecule has 2 saturated heterocycles. The fourth-order valence-electron chi connectivity index (χ4n) is 15.6. The number of ether oxygens (including phenoxy) is 12. The molecule has 2 heterocycles. The number of esters is 8. The Hall–Kier alpha value is -4.70. The third-order valence-electron chi connectivity index (χ3n) is 18.8. The van der Waals surface area contributed by atoms with Gasteiger partial charge >= 0.3 is 47.8 Å². The monoisotopic (exact) mass is 1120 g/mol. The molecular weight excluding hydrogens is 1030 g/mol. The summed E-state index contributed by atoms with van der Waals surface area (Å²) in [7, 11) is 0. The second-order valence-corrected chi connectivity index (χ2v) is 24.9. The SMILES string of the molecule is CC(=O)OC[C@H]1O[C@@H](O[C@H]2[C@@H](O[C@H]3CC[C@]4(C)[C@H]5C[C@@H](OC(C)=O)[C@@H]6[C@@H]([C@@](C)(O)CCC=C(C)C)CC[C@@]6(C)[C@]5(C)CC[C@H]4C3(C)C)O[C@H](COC(C)=O)[C@@H](OC(C)=O)[C@@H]2OC(C)=O)[C@H](OC(C)=O)[C@@H](OC(C)=O)[C@@H]1OC(C)=O. The zero-order valence-electron chi connectivity index (χ0n) is 49.2. The Morgan fingerprint density at radius 3 is 1.47 bits per heavy atom. The molecule has 20 atom stereocenters. The van der Waals surface area contributed by atoms with Crippen LogP contribution in [0.4, 0.5) is 0 Å². The van der Waals surface area contributed by atoms with Gasteiger partial charge in [-0.3, -0.25) is 38.4 Å². The Bertz CT molecular complexity index is 2310. The minimum Gasteiger partial charge on any atom is -0.463 e. The standard InChI is InChI=1S/C58H88O21/c1-29(2)18-17-22-58(16,67)38-19-24-57(15)45(38)39(70-32(5)61)26-43-55(13)23-21-44(54(11,12)42(55)20-25-56(43,57)14)78-52-51(49(74-36(9)65)47(72-34(7)63)40(76-52)27-68-30(3)59)79-53-50(75-37(10)66)48(73-35(8)64)46(71-33(6)62)41(77-53)28-69-31(4)60/h18,38-53,67H,17,19-28H2,1-16H3/t38-,39+,40+,41+,42-,43+,44-,45-,46+,47+,48-,49-,50+,51+,52+,53-,55-,56+,57+,58-/m0/s1. The number of fused-ring (bicyclic) bond motifs is 5. The van der Waals surface area contributed by atoms with Crippen molar-refractivity contribution in [3.8, 4) is 0 Å². The second kappa shape index (κ2) is 24.8. The predicted octanol–water partition coefficient (Wildman–Crippen LogP) is 6.72. The van der Waals surface area contributed by atoms with Gasteiger partial charge in [0.05, 0.1) is 11.7 Å². The fourth-order valence-corrected chi connectivity index (χ4v) is 15.6. The summed E-state index contributed by atoms with van der Waals surface area (Å²) >= 11 is 0. The Balaban J connectivity index is 1.42. The summed E-state index contributed by atoms with van der Waals surface area (Å²) in [5.74, 6) is -6.24. The molecule has 1 N–H and O–H groups in total. The van der Waals surface area contributed by atoms with Crippen molar-refractivity contribution in [3.63, 3.8) is 0 Å². The highest BCUT2D eigenvalue weighted by Gasteiger charge is 2.72. The van der Waals surface area contributed by atoms with Gasteiger partial charge in [0.25, 0.3) is 0 Å². The van der Waals surface area contributed by atoms with Crippen molar-refractivity contribution in [1.29, 1.82) is 0 Å². The number of rotatable bonds is 18. The van der Waals surface area contributed by atoms with E-state index in [0.29, 0.717) is 25.7 Å². The highest BCUT2D eigenvalue weighted by molar-refractivity contribution is 5.69. The Morgan fingerprint density at radius 1 is 0.532 bits per heavy atom. The van der Waals surface area contributed by atoms with Gasteiger partial charge < -0.3 is 61.9 Å². The quantitative estimate of drug-likeness (QED) is 0.0646. The van der Waals surface area contributed by atoms with Gasteiger partial charge in [0.2, 0.25) is 0 Å². The van der Waals surface area contributed by atoms with E-state index in [1.807, 2.05) is 6.92 Å². The fraction of sp³-hybridized carbons (Fsp3) is 0.828. The zero-order chi connectivity index (χ0) is 58.9. The molecule has 446 valence electrons. The minimum atomic E-state index is -1.84. The number of aliphatic hydroxyl groups is 1. The van der Waals surface area contributed by atoms with E-state index in [0.717, 1.165) is 73.6 Å². The van der Waals surface area contributed by atoms with E-state index in [1.165, 1.54) is 19.4 Å². The lowest BCUT2D eigenvalue weighted by Gasteiger charge is -2.71. The van der Waals surface area contributed by atoms with E-state index in [-0.39, 0.29) is 45.9 Å². The van der Waals surface area contributed by atoms with Gasteiger partial charge in [-0.1, -0.05) is 46.3 Å². The molecule has 0 aromatic rings. The molecule has 6 rings (SSSR count). The summed E-state index contributed by atoms with van der Waals surface area (Å²) in [6, 6.07) is 0. The molecule has 0 bridgehead atoms. The first-order valence-electron chi connectivity index (χ1n) is 27.9. The maximum absolute atomic E-state index is 13.2. The van der Waals surface area contributed by atoms with Crippen LogP contribution in [0.2, 0.25) is 0 Å². The molecule has 2 aliphatic heterocycles. The molecule has 0 radical (unpaired) electrons. The van der Waals surface area contributed by atoms with Gasteiger partial charge in [-0.25, -0.2) is 0 Å². The smallest absolute Gasteiger partial charge is 0.303 e. The average molecular weight is 1120 g/mol. The largest absolute Gasteiger partial charge is 0.463 e. The van der Waals surface area contributed by atoms with Gasteiger partial charge in [-0.05, 0) is 118 Å². The van der Waals surface area contributed by atoms with Crippen LogP contribution in [-0.4, -0.2) is 145 Å². The lowest BCUT2D eigenvalue weighted by Crippen LogP contribution is -2.69. The van der Waals surface area contributed by atoms with Crippen molar-refractivity contribution in [3.05, 3.63) is 11.6 Å². The lowest BCUT2D eigenvalue weighted by molar-refractivity contribution is -0.379. The highest BCUT2D eigenvalue weighted by atomic mass is 16.8. The molecule has 79 heavy (non-hydrogen) atoms. The van der Waals surface area contributed by atoms with Crippen molar-refractivity contribution < 1.29 is 100 Å². The summed E-state index contributed by atoms with van der Waals surface area (Å²) in [4.78, 5) is 102. The van der Waals surface area contributed by atoms with Gasteiger partial charge in [0.1, 0.15) is 31.5 Å². The van der Waals surface area contributed by atoms with Crippen molar-refractivity contribution in [2.24, 2.45) is 45.3 Å². The first-order valence-corrected chi connectivity index (χ1v) is 27.9. The Morgan fingerprint density at radius 2 is 0.987 bits per heavy atom. The topological polar surface area (TPSA) is 268 Å². The average Bonchev–Trinajstić information content (AvgIpc) is 3.51. The van der Waals surface area contributed by atoms with Crippen LogP contribution < -0.4 is 0 Å². The molecule has 0 unspecified atom stereocenters. The van der Waals surface area contributed by atoms with Crippen LogP contribution in [0.5, 0.6) is 0 Å². The van der Waals surface area contributed by atoms with Crippen LogP contribution in [0.3, 0.4) is 0 Å². The number of carbonyl (C=O) groups excluding carboxylic acids is 8. The van der Waals surface area contributed by atoms with Gasteiger partial charge in [-0.15, -0.1) is 0 Å². The lowest BCUT2D eigenvalue weighted by atomic mass is 9.35. The van der Waals surface area contributed by atoms with Crippen LogP contribution in [-0.2, 0) is 95.2 Å². The van der Waals surface area contributed by atoms with Crippen LogP contribution in [0, 0.1) is 45.3 Å². The second-order valence-electron chi connectivity index (χ2n) is 24.9. The van der Waals surface area contributed by atoms with Crippen LogP contribution in [0.15, 0.2) is 11.6 Å². The van der Waals surface area contributed by atoms with Crippen LogP contribution in [0.1, 0.15) is 169 Å². The van der Waals surface area contributed by atoms with Crippen molar-refractivity contribution in [2.45, 2.75) is 248 Å². The van der Waals surface area contributed by atoms with E-state index >= 15 is 0 Å². The van der Waals surface area contributed by atoms with E-state index in [4.69, 9.17) is 56.8 Å². The van der Waals surface area contributed by atoms with Crippen LogP contribution in [0.25, 0.3) is 0 Å². The van der Waals surface area contributed by atoms with Crippen LogP contribution >= 0.6 is 0 Å². The van der Waals surface area contributed by atoms with Gasteiger partial charge in [0.15, 0.2) is 49.2 Å². The Labute approximate surface area is 464 Å². The van der Waals surface area contributed by atoms with Crippen molar-refractivity contribution >= 4 is 47.8 Å². The molecular formula is C58H88O21. The number of hydrogen-bond donors (Lipinski definition) is 1. The van der Waals surface area contributed by atoms with E-state index in [1.54, 1.807) is 0 Å². The molecule has 21 nitrogen and oxygen atoms in total. The van der Waals surface area contributed by atoms with E-state index in [2.05, 4.69) is 54.5 Å². The Kier molecular flexibility index (Phi) is 19.9. The summed E-state index contributed by atoms with van der Waals surface area (Å²) in [5.41, 5.74) is -1.29. The molecule has 21 heteroatoms. The van der Waals surface area contributed by atoms with Gasteiger partial charge in [0, 0.05) is 61.3 Å². The third-order valence-corrected chi connectivity index (χ3v) is 18.8. The first kappa shape index (κ1) is 63.5. The maximum Gasteiger partial charge on any atom is 0.303 e.